The summed E-state index contributed by atoms with van der Waals surface area (Å²) in [6.45, 7) is 0. The van der Waals surface area contributed by atoms with Crippen molar-refractivity contribution in [2.24, 2.45) is 0 Å². The van der Waals surface area contributed by atoms with Crippen LogP contribution in [0.5, 0.6) is 5.75 Å². The third kappa shape index (κ3) is 3.75. The molecule has 0 atom stereocenters. The van der Waals surface area contributed by atoms with Crippen LogP contribution < -0.4 is 10.1 Å². The van der Waals surface area contributed by atoms with Crippen molar-refractivity contribution in [3.05, 3.63) is 47.9 Å². The number of rotatable bonds is 5. The largest absolute Gasteiger partial charge is 0.497 e. The average Bonchev–Trinajstić information content (AvgIpc) is 2.48. The summed E-state index contributed by atoms with van der Waals surface area (Å²) >= 11 is 0. The second-order valence-corrected chi connectivity index (χ2v) is 4.13. The Bertz CT molecular complexity index is 656. The first kappa shape index (κ1) is 14.4. The van der Waals surface area contributed by atoms with Gasteiger partial charge in [0, 0.05) is 12.4 Å². The summed E-state index contributed by atoms with van der Waals surface area (Å²) in [6, 6.07) is 7.00. The highest BCUT2D eigenvalue weighted by atomic mass is 16.5. The van der Waals surface area contributed by atoms with Gasteiger partial charge < -0.3 is 15.2 Å². The summed E-state index contributed by atoms with van der Waals surface area (Å²) in [5.74, 6) is -0.990. The molecule has 2 aromatic rings. The molecule has 108 valence electrons. The van der Waals surface area contributed by atoms with E-state index in [0.717, 1.165) is 5.56 Å². The molecule has 7 heteroatoms. The van der Waals surface area contributed by atoms with E-state index in [0.29, 0.717) is 5.75 Å². The Hall–Kier alpha value is -2.96. The molecule has 1 heterocycles. The van der Waals surface area contributed by atoms with Crippen molar-refractivity contribution in [1.29, 1.82) is 0 Å². The van der Waals surface area contributed by atoms with Crippen LogP contribution in [-0.4, -0.2) is 34.1 Å². The average molecular weight is 287 g/mol. The number of nitrogens with one attached hydrogen (secondary N) is 1. The van der Waals surface area contributed by atoms with E-state index in [1.807, 2.05) is 0 Å². The molecule has 0 bridgehead atoms. The van der Waals surface area contributed by atoms with Gasteiger partial charge in [0.1, 0.15) is 5.75 Å². The Labute approximate surface area is 120 Å². The van der Waals surface area contributed by atoms with Gasteiger partial charge in [0.25, 0.3) is 0 Å². The predicted octanol–water partition coefficient (Wildman–Crippen LogP) is 1.36. The smallest absolute Gasteiger partial charge is 0.358 e. The van der Waals surface area contributed by atoms with Gasteiger partial charge in [-0.3, -0.25) is 4.79 Å². The minimum absolute atomic E-state index is 0.0662. The number of carboxylic acids is 1. The minimum atomic E-state index is -1.25. The number of methoxy groups -OCH3 is 1. The lowest BCUT2D eigenvalue weighted by atomic mass is 10.1. The van der Waals surface area contributed by atoms with E-state index < -0.39 is 5.97 Å². The molecule has 0 fully saturated rings. The minimum Gasteiger partial charge on any atom is -0.497 e. The normalized spacial score (nSPS) is 9.95. The van der Waals surface area contributed by atoms with Crippen LogP contribution in [0.2, 0.25) is 0 Å². The number of amides is 1. The van der Waals surface area contributed by atoms with Crippen LogP contribution in [0.3, 0.4) is 0 Å². The fraction of sp³-hybridized carbons (Fsp3) is 0.143. The van der Waals surface area contributed by atoms with E-state index in [-0.39, 0.29) is 23.8 Å². The highest BCUT2D eigenvalue weighted by molar-refractivity contribution is 5.98. The van der Waals surface area contributed by atoms with Crippen LogP contribution in [-0.2, 0) is 11.2 Å². The molecule has 2 N–H and O–H groups in total. The Morgan fingerprint density at radius 2 is 1.86 bits per heavy atom. The van der Waals surface area contributed by atoms with Gasteiger partial charge in [0.2, 0.25) is 5.91 Å². The summed E-state index contributed by atoms with van der Waals surface area (Å²) in [6.07, 6.45) is 2.66. The summed E-state index contributed by atoms with van der Waals surface area (Å²) in [5.41, 5.74) is 0.481. The first-order valence-corrected chi connectivity index (χ1v) is 6.07. The van der Waals surface area contributed by atoms with Gasteiger partial charge in [0.05, 0.1) is 13.5 Å². The second kappa shape index (κ2) is 6.47. The first-order chi connectivity index (χ1) is 10.1. The number of carbonyl (C=O) groups excluding carboxylic acids is 1. The number of carbonyl (C=O) groups is 2. The molecule has 1 amide bonds. The van der Waals surface area contributed by atoms with Gasteiger partial charge in [-0.25, -0.2) is 14.8 Å². The molecule has 0 saturated carbocycles. The Balaban J connectivity index is 2.06. The zero-order valence-electron chi connectivity index (χ0n) is 11.2. The number of nitrogens with zero attached hydrogens (tertiary/aromatic N) is 2. The molecule has 1 aromatic heterocycles. The molecule has 0 aliphatic carbocycles. The maximum atomic E-state index is 11.9. The number of aromatic nitrogens is 2. The lowest BCUT2D eigenvalue weighted by Gasteiger charge is -2.07. The van der Waals surface area contributed by atoms with Gasteiger partial charge in [-0.15, -0.1) is 0 Å². The van der Waals surface area contributed by atoms with Crippen molar-refractivity contribution in [1.82, 2.24) is 9.97 Å². The molecule has 1 aromatic carbocycles. The molecule has 0 radical (unpaired) electrons. The standard InChI is InChI=1S/C14H13N3O4/c1-21-10-4-2-9(3-5-10)8-11(18)17-13-12(14(19)20)15-6-7-16-13/h2-7H,8H2,1H3,(H,19,20)(H,16,17,18). The van der Waals surface area contributed by atoms with Crippen LogP contribution in [0, 0.1) is 0 Å². The van der Waals surface area contributed by atoms with Crippen molar-refractivity contribution in [3.63, 3.8) is 0 Å². The maximum Gasteiger partial charge on any atom is 0.358 e. The van der Waals surface area contributed by atoms with E-state index in [2.05, 4.69) is 15.3 Å². The van der Waals surface area contributed by atoms with Crippen molar-refractivity contribution in [2.45, 2.75) is 6.42 Å². The van der Waals surface area contributed by atoms with Gasteiger partial charge in [-0.1, -0.05) is 12.1 Å². The lowest BCUT2D eigenvalue weighted by molar-refractivity contribution is -0.115. The van der Waals surface area contributed by atoms with E-state index >= 15 is 0 Å². The molecule has 7 nitrogen and oxygen atoms in total. The number of carboxylic acid groups (broad SMARTS) is 1. The number of aromatic carboxylic acids is 1. The second-order valence-electron chi connectivity index (χ2n) is 4.13. The molecule has 0 aliphatic rings. The van der Waals surface area contributed by atoms with Gasteiger partial charge >= 0.3 is 5.97 Å². The molecule has 0 aliphatic heterocycles. The monoisotopic (exact) mass is 287 g/mol. The third-order valence-electron chi connectivity index (χ3n) is 2.68. The number of hydrogen-bond acceptors (Lipinski definition) is 5. The van der Waals surface area contributed by atoms with Crippen molar-refractivity contribution >= 4 is 17.7 Å². The lowest BCUT2D eigenvalue weighted by Crippen LogP contribution is -2.18. The summed E-state index contributed by atoms with van der Waals surface area (Å²) < 4.78 is 5.03. The molecule has 21 heavy (non-hydrogen) atoms. The number of ether oxygens (including phenoxy) is 1. The fourth-order valence-electron chi connectivity index (χ4n) is 1.69. The fourth-order valence-corrected chi connectivity index (χ4v) is 1.69. The van der Waals surface area contributed by atoms with E-state index in [9.17, 15) is 9.59 Å². The van der Waals surface area contributed by atoms with Crippen LogP contribution in [0.4, 0.5) is 5.82 Å². The van der Waals surface area contributed by atoms with Gasteiger partial charge in [-0.2, -0.15) is 0 Å². The summed E-state index contributed by atoms with van der Waals surface area (Å²) in [5, 5.41) is 11.4. The van der Waals surface area contributed by atoms with Crippen LogP contribution in [0.25, 0.3) is 0 Å². The topological polar surface area (TPSA) is 101 Å². The molecule has 0 saturated heterocycles. The Kier molecular flexibility index (Phi) is 4.45. The zero-order valence-corrected chi connectivity index (χ0v) is 11.2. The highest BCUT2D eigenvalue weighted by Gasteiger charge is 2.15. The Morgan fingerprint density at radius 1 is 1.19 bits per heavy atom. The van der Waals surface area contributed by atoms with Crippen molar-refractivity contribution < 1.29 is 19.4 Å². The SMILES string of the molecule is COc1ccc(CC(=O)Nc2nccnc2C(=O)O)cc1. The molecular formula is C14H13N3O4. The number of anilines is 1. The van der Waals surface area contributed by atoms with Crippen LogP contribution >= 0.6 is 0 Å². The number of hydrogen-bond donors (Lipinski definition) is 2. The first-order valence-electron chi connectivity index (χ1n) is 6.07. The zero-order chi connectivity index (χ0) is 15.2. The third-order valence-corrected chi connectivity index (χ3v) is 2.68. The molecule has 0 unspecified atom stereocenters. The summed E-state index contributed by atoms with van der Waals surface area (Å²) in [7, 11) is 1.56. The van der Waals surface area contributed by atoms with Crippen LogP contribution in [0.1, 0.15) is 16.1 Å². The Morgan fingerprint density at radius 3 is 2.48 bits per heavy atom. The number of benzene rings is 1. The van der Waals surface area contributed by atoms with Crippen LogP contribution in [0.15, 0.2) is 36.7 Å². The van der Waals surface area contributed by atoms with Crippen molar-refractivity contribution in [2.75, 3.05) is 12.4 Å². The van der Waals surface area contributed by atoms with Gasteiger partial charge in [0.15, 0.2) is 11.5 Å². The predicted molar refractivity (Wildman–Crippen MR) is 74.3 cm³/mol. The molecule has 2 rings (SSSR count). The van der Waals surface area contributed by atoms with Gasteiger partial charge in [-0.05, 0) is 17.7 Å². The highest BCUT2D eigenvalue weighted by Crippen LogP contribution is 2.13. The van der Waals surface area contributed by atoms with E-state index in [1.165, 1.54) is 12.4 Å². The molecular weight excluding hydrogens is 274 g/mol. The molecule has 0 spiro atoms. The summed E-state index contributed by atoms with van der Waals surface area (Å²) in [4.78, 5) is 30.4. The van der Waals surface area contributed by atoms with E-state index in [1.54, 1.807) is 31.4 Å². The maximum absolute atomic E-state index is 11.9. The quantitative estimate of drug-likeness (QED) is 0.861. The van der Waals surface area contributed by atoms with E-state index in [4.69, 9.17) is 9.84 Å². The van der Waals surface area contributed by atoms with Crippen molar-refractivity contribution in [3.8, 4) is 5.75 Å².